The van der Waals surface area contributed by atoms with Gasteiger partial charge in [0.1, 0.15) is 17.2 Å². The number of rotatable bonds is 7. The molecule has 1 aliphatic heterocycles. The molecule has 3 aromatic carbocycles. The predicted octanol–water partition coefficient (Wildman–Crippen LogP) is 4.02. The van der Waals surface area contributed by atoms with Crippen LogP contribution in [0.5, 0.6) is 17.2 Å². The number of anilines is 1. The summed E-state index contributed by atoms with van der Waals surface area (Å²) < 4.78 is 16.8. The van der Waals surface area contributed by atoms with Gasteiger partial charge in [-0.25, -0.2) is 0 Å². The molecule has 7 nitrogen and oxygen atoms in total. The molecule has 2 amide bonds. The molecule has 0 bridgehead atoms. The molecule has 3 aromatic rings. The Hall–Kier alpha value is -4.00. The van der Waals surface area contributed by atoms with Crippen molar-refractivity contribution in [3.8, 4) is 17.2 Å². The van der Waals surface area contributed by atoms with Gasteiger partial charge in [-0.3, -0.25) is 9.59 Å². The zero-order chi connectivity index (χ0) is 23.2. The summed E-state index contributed by atoms with van der Waals surface area (Å²) in [4.78, 5) is 27.1. The van der Waals surface area contributed by atoms with E-state index in [1.54, 1.807) is 43.2 Å². The molecular weight excluding hydrogens is 420 g/mol. The maximum atomic E-state index is 13.0. The summed E-state index contributed by atoms with van der Waals surface area (Å²) in [6.45, 7) is 2.37. The van der Waals surface area contributed by atoms with Gasteiger partial charge in [-0.15, -0.1) is 0 Å². The molecule has 1 aliphatic rings. The molecule has 33 heavy (non-hydrogen) atoms. The highest BCUT2D eigenvalue weighted by Crippen LogP contribution is 2.30. The Morgan fingerprint density at radius 1 is 1.09 bits per heavy atom. The van der Waals surface area contributed by atoms with Gasteiger partial charge in [0.15, 0.2) is 12.7 Å². The van der Waals surface area contributed by atoms with Gasteiger partial charge < -0.3 is 24.4 Å². The van der Waals surface area contributed by atoms with Gasteiger partial charge in [-0.1, -0.05) is 36.4 Å². The van der Waals surface area contributed by atoms with Crippen molar-refractivity contribution < 1.29 is 23.8 Å². The van der Waals surface area contributed by atoms with E-state index >= 15 is 0 Å². The monoisotopic (exact) mass is 446 g/mol. The zero-order valence-corrected chi connectivity index (χ0v) is 18.6. The number of fused-ring (bicyclic) bond motifs is 1. The lowest BCUT2D eigenvalue weighted by Gasteiger charge is -2.23. The van der Waals surface area contributed by atoms with E-state index < -0.39 is 6.10 Å². The van der Waals surface area contributed by atoms with Crippen molar-refractivity contribution in [3.63, 3.8) is 0 Å². The Bertz CT molecular complexity index is 1130. The van der Waals surface area contributed by atoms with Gasteiger partial charge in [0.25, 0.3) is 11.8 Å². The van der Waals surface area contributed by atoms with Crippen LogP contribution in [0.2, 0.25) is 0 Å². The van der Waals surface area contributed by atoms with Crippen LogP contribution in [0.3, 0.4) is 0 Å². The number of benzene rings is 3. The molecule has 0 aliphatic carbocycles. The molecule has 7 heteroatoms. The number of nitrogens with zero attached hydrogens (tertiary/aromatic N) is 1. The Kier molecular flexibility index (Phi) is 6.78. The van der Waals surface area contributed by atoms with Crippen molar-refractivity contribution in [1.82, 2.24) is 4.90 Å². The lowest BCUT2D eigenvalue weighted by Crippen LogP contribution is -2.37. The maximum absolute atomic E-state index is 13.0. The Balaban J connectivity index is 1.48. The molecule has 4 rings (SSSR count). The Morgan fingerprint density at radius 2 is 1.85 bits per heavy atom. The van der Waals surface area contributed by atoms with E-state index in [0.717, 1.165) is 16.9 Å². The topological polar surface area (TPSA) is 77.1 Å². The fourth-order valence-electron chi connectivity index (χ4n) is 3.71. The van der Waals surface area contributed by atoms with Gasteiger partial charge in [-0.2, -0.15) is 0 Å². The summed E-state index contributed by atoms with van der Waals surface area (Å²) in [7, 11) is 1.61. The van der Waals surface area contributed by atoms with Crippen molar-refractivity contribution in [2.24, 2.45) is 0 Å². The van der Waals surface area contributed by atoms with Crippen molar-refractivity contribution >= 4 is 17.5 Å². The Morgan fingerprint density at radius 3 is 2.64 bits per heavy atom. The molecule has 0 saturated carbocycles. The fourth-order valence-corrected chi connectivity index (χ4v) is 3.71. The van der Waals surface area contributed by atoms with Crippen LogP contribution >= 0.6 is 0 Å². The third-order valence-electron chi connectivity index (χ3n) is 5.34. The first kappa shape index (κ1) is 22.2. The van der Waals surface area contributed by atoms with Gasteiger partial charge in [-0.05, 0) is 43.3 Å². The van der Waals surface area contributed by atoms with E-state index in [-0.39, 0.29) is 18.4 Å². The highest BCUT2D eigenvalue weighted by Gasteiger charge is 2.28. The minimum Gasteiger partial charge on any atom is -0.496 e. The number of amides is 2. The van der Waals surface area contributed by atoms with Gasteiger partial charge in [0.05, 0.1) is 7.11 Å². The van der Waals surface area contributed by atoms with Gasteiger partial charge in [0, 0.05) is 29.9 Å². The van der Waals surface area contributed by atoms with Crippen LogP contribution < -0.4 is 19.5 Å². The molecule has 0 fully saturated rings. The molecule has 0 spiro atoms. The van der Waals surface area contributed by atoms with Crippen LogP contribution in [-0.4, -0.2) is 36.5 Å². The average Bonchev–Trinajstić information content (AvgIpc) is 2.95. The van der Waals surface area contributed by atoms with Crippen molar-refractivity contribution in [2.45, 2.75) is 26.1 Å². The second-order valence-electron chi connectivity index (χ2n) is 7.74. The summed E-state index contributed by atoms with van der Waals surface area (Å²) in [5, 5.41) is 2.84. The number of hydrogen-bond acceptors (Lipinski definition) is 5. The molecule has 0 unspecified atom stereocenters. The molecule has 0 radical (unpaired) electrons. The van der Waals surface area contributed by atoms with E-state index in [1.807, 2.05) is 48.5 Å². The second kappa shape index (κ2) is 10.1. The Labute approximate surface area is 192 Å². The number of carbonyl (C=O) groups is 2. The van der Waals surface area contributed by atoms with E-state index in [4.69, 9.17) is 14.2 Å². The largest absolute Gasteiger partial charge is 0.496 e. The molecule has 1 heterocycles. The average molecular weight is 447 g/mol. The van der Waals surface area contributed by atoms with Gasteiger partial charge in [0.2, 0.25) is 0 Å². The number of hydrogen-bond donors (Lipinski definition) is 1. The van der Waals surface area contributed by atoms with Crippen LogP contribution in [0.4, 0.5) is 5.69 Å². The zero-order valence-electron chi connectivity index (χ0n) is 18.6. The normalized spacial score (nSPS) is 15.2. The van der Waals surface area contributed by atoms with Crippen molar-refractivity contribution in [3.05, 3.63) is 83.9 Å². The first-order valence-corrected chi connectivity index (χ1v) is 10.7. The summed E-state index contributed by atoms with van der Waals surface area (Å²) in [5.41, 5.74) is 2.33. The number of methoxy groups -OCH3 is 1. The summed E-state index contributed by atoms with van der Waals surface area (Å²) >= 11 is 0. The van der Waals surface area contributed by atoms with Crippen LogP contribution in [0.25, 0.3) is 0 Å². The third-order valence-corrected chi connectivity index (χ3v) is 5.34. The van der Waals surface area contributed by atoms with Crippen LogP contribution in [-0.2, 0) is 22.7 Å². The number of ether oxygens (including phenoxy) is 3. The quantitative estimate of drug-likeness (QED) is 0.593. The lowest BCUT2D eigenvalue weighted by molar-refractivity contribution is -0.138. The first-order valence-electron chi connectivity index (χ1n) is 10.7. The minimum absolute atomic E-state index is 0.104. The molecule has 1 N–H and O–H groups in total. The molecule has 0 saturated heterocycles. The van der Waals surface area contributed by atoms with E-state index in [0.29, 0.717) is 30.3 Å². The number of nitrogens with one attached hydrogen (secondary N) is 1. The van der Waals surface area contributed by atoms with Crippen LogP contribution in [0.1, 0.15) is 18.1 Å². The predicted molar refractivity (Wildman–Crippen MR) is 124 cm³/mol. The highest BCUT2D eigenvalue weighted by atomic mass is 16.5. The smallest absolute Gasteiger partial charge is 0.263 e. The second-order valence-corrected chi connectivity index (χ2v) is 7.74. The molecule has 0 aromatic heterocycles. The third kappa shape index (κ3) is 5.44. The molecule has 1 atom stereocenters. The summed E-state index contributed by atoms with van der Waals surface area (Å²) in [6.07, 6.45) is -0.624. The summed E-state index contributed by atoms with van der Waals surface area (Å²) in [5.74, 6) is 1.59. The van der Waals surface area contributed by atoms with Crippen LogP contribution in [0, 0.1) is 0 Å². The minimum atomic E-state index is -0.624. The van der Waals surface area contributed by atoms with E-state index in [1.165, 1.54) is 0 Å². The van der Waals surface area contributed by atoms with Crippen molar-refractivity contribution in [1.29, 1.82) is 0 Å². The van der Waals surface area contributed by atoms with Crippen LogP contribution in [0.15, 0.2) is 72.8 Å². The summed E-state index contributed by atoms with van der Waals surface area (Å²) in [6, 6.07) is 22.1. The first-order chi connectivity index (χ1) is 16.0. The van der Waals surface area contributed by atoms with E-state index in [2.05, 4.69) is 5.32 Å². The number of para-hydroxylation sites is 2. The van der Waals surface area contributed by atoms with E-state index in [9.17, 15) is 9.59 Å². The molecule has 170 valence electrons. The SMILES string of the molecule is COc1ccccc1CN1Cc2cc(NC(=O)COc3ccccc3)ccc2O[C@H](C)C1=O. The molecular formula is C26H26N2O5. The fraction of sp³-hybridized carbons (Fsp3) is 0.231. The highest BCUT2D eigenvalue weighted by molar-refractivity contribution is 5.92. The lowest BCUT2D eigenvalue weighted by atomic mass is 10.1. The standard InChI is InChI=1S/C26H26N2O5/c1-18-26(30)28(15-19-8-6-7-11-23(19)31-2)16-20-14-21(12-13-24(20)33-18)27-25(29)17-32-22-9-4-3-5-10-22/h3-14,18H,15-17H2,1-2H3,(H,27,29)/t18-/m1/s1. The maximum Gasteiger partial charge on any atom is 0.263 e. The van der Waals surface area contributed by atoms with Crippen molar-refractivity contribution in [2.75, 3.05) is 19.0 Å². The number of carbonyl (C=O) groups excluding carboxylic acids is 2. The van der Waals surface area contributed by atoms with Gasteiger partial charge >= 0.3 is 0 Å².